The van der Waals surface area contributed by atoms with Crippen molar-refractivity contribution in [1.82, 2.24) is 25.2 Å². The normalized spacial score (nSPS) is 14.0. The van der Waals surface area contributed by atoms with Gasteiger partial charge in [-0.15, -0.1) is 5.10 Å². The van der Waals surface area contributed by atoms with Crippen molar-refractivity contribution in [3.05, 3.63) is 54.5 Å². The Balaban J connectivity index is 1.78. The second kappa shape index (κ2) is 8.47. The fourth-order valence-corrected chi connectivity index (χ4v) is 2.58. The van der Waals surface area contributed by atoms with Gasteiger partial charge in [0.1, 0.15) is 24.2 Å². The average molecular weight is 415 g/mol. The van der Waals surface area contributed by atoms with Crippen LogP contribution in [0.2, 0.25) is 0 Å². The van der Waals surface area contributed by atoms with Gasteiger partial charge < -0.3 is 9.84 Å². The third-order valence-corrected chi connectivity index (χ3v) is 3.91. The van der Waals surface area contributed by atoms with Crippen molar-refractivity contribution >= 4 is 0 Å². The predicted molar refractivity (Wildman–Crippen MR) is 89.2 cm³/mol. The fraction of sp³-hybridized carbons (Fsp3) is 0.294. The number of benzene rings is 1. The highest BCUT2D eigenvalue weighted by atomic mass is 19.4. The molecule has 2 aromatic heterocycles. The van der Waals surface area contributed by atoms with E-state index in [4.69, 9.17) is 0 Å². The Morgan fingerprint density at radius 3 is 2.31 bits per heavy atom. The van der Waals surface area contributed by atoms with E-state index in [1.807, 2.05) is 0 Å². The molecule has 0 saturated heterocycles. The number of tetrazole rings is 1. The van der Waals surface area contributed by atoms with Crippen LogP contribution in [-0.4, -0.2) is 55.6 Å². The van der Waals surface area contributed by atoms with Crippen LogP contribution in [0.25, 0.3) is 11.3 Å². The summed E-state index contributed by atoms with van der Waals surface area (Å²) in [5.74, 6) is 0.0431. The topological polar surface area (TPSA) is 86.0 Å². The monoisotopic (exact) mass is 415 g/mol. The van der Waals surface area contributed by atoms with Crippen molar-refractivity contribution in [2.45, 2.75) is 24.7 Å². The van der Waals surface area contributed by atoms with E-state index in [9.17, 15) is 27.1 Å². The number of nitrogens with zero attached hydrogens (tertiary/aromatic N) is 5. The van der Waals surface area contributed by atoms with Crippen LogP contribution in [0.1, 0.15) is 11.6 Å². The Bertz CT molecular complexity index is 901. The zero-order chi connectivity index (χ0) is 21.0. The first kappa shape index (κ1) is 20.6. The van der Waals surface area contributed by atoms with Gasteiger partial charge in [-0.25, -0.2) is 13.5 Å². The minimum absolute atomic E-state index is 0.0431. The molecule has 0 aliphatic rings. The number of aromatic nitrogens is 5. The molecule has 1 N–H and O–H groups in total. The molecule has 0 saturated carbocycles. The number of hydrogen-bond acceptors (Lipinski definition) is 6. The first-order chi connectivity index (χ1) is 13.7. The Hall–Kier alpha value is -3.15. The summed E-state index contributed by atoms with van der Waals surface area (Å²) in [6.45, 7) is -1.40. The van der Waals surface area contributed by atoms with Crippen molar-refractivity contribution in [1.29, 1.82) is 0 Å². The van der Waals surface area contributed by atoms with Gasteiger partial charge in [0.05, 0.1) is 5.69 Å². The van der Waals surface area contributed by atoms with E-state index in [0.717, 1.165) is 11.0 Å². The number of alkyl halides is 5. The number of pyridine rings is 1. The van der Waals surface area contributed by atoms with E-state index >= 15 is 0 Å². The molecule has 0 amide bonds. The van der Waals surface area contributed by atoms with Gasteiger partial charge >= 0.3 is 6.18 Å². The lowest BCUT2D eigenvalue weighted by atomic mass is 10.0. The molecule has 3 aromatic rings. The molecule has 0 fully saturated rings. The van der Waals surface area contributed by atoms with Gasteiger partial charge in [0.15, 0.2) is 6.61 Å². The second-order valence-corrected chi connectivity index (χ2v) is 5.96. The van der Waals surface area contributed by atoms with E-state index in [-0.39, 0.29) is 11.3 Å². The van der Waals surface area contributed by atoms with Crippen molar-refractivity contribution in [2.75, 3.05) is 6.61 Å². The largest absolute Gasteiger partial charge is 0.484 e. The van der Waals surface area contributed by atoms with Crippen LogP contribution in [0.15, 0.2) is 48.9 Å². The molecular formula is C17H14F5N5O2. The molecule has 0 bridgehead atoms. The zero-order valence-corrected chi connectivity index (χ0v) is 14.5. The van der Waals surface area contributed by atoms with Gasteiger partial charge in [-0.3, -0.25) is 4.98 Å². The molecule has 0 spiro atoms. The summed E-state index contributed by atoms with van der Waals surface area (Å²) in [7, 11) is 0. The quantitative estimate of drug-likeness (QED) is 0.598. The maximum absolute atomic E-state index is 13.0. The lowest BCUT2D eigenvalue weighted by Gasteiger charge is -2.22. The molecule has 0 aliphatic carbocycles. The maximum Gasteiger partial charge on any atom is 0.422 e. The summed E-state index contributed by atoms with van der Waals surface area (Å²) in [4.78, 5) is 4.18. The molecule has 2 unspecified atom stereocenters. The number of ether oxygens (including phenoxy) is 1. The van der Waals surface area contributed by atoms with Crippen molar-refractivity contribution in [2.24, 2.45) is 0 Å². The molecule has 7 nitrogen and oxygen atoms in total. The van der Waals surface area contributed by atoms with Crippen molar-refractivity contribution in [3.63, 3.8) is 0 Å². The lowest BCUT2D eigenvalue weighted by molar-refractivity contribution is -0.153. The molecule has 12 heteroatoms. The maximum atomic E-state index is 13.0. The summed E-state index contributed by atoms with van der Waals surface area (Å²) in [5.41, 5.74) is 1.27. The Labute approximate surface area is 160 Å². The number of hydrogen-bond donors (Lipinski definition) is 1. The van der Waals surface area contributed by atoms with Gasteiger partial charge in [-0.2, -0.15) is 13.2 Å². The van der Waals surface area contributed by atoms with E-state index < -0.39 is 31.4 Å². The van der Waals surface area contributed by atoms with Gasteiger partial charge in [-0.1, -0.05) is 6.07 Å². The first-order valence-corrected chi connectivity index (χ1v) is 8.19. The van der Waals surface area contributed by atoms with Gasteiger partial charge in [0, 0.05) is 11.8 Å². The SMILES string of the molecule is OC(C(F)F)C(c1ccc(-c2ccc(OCC(F)(F)F)cc2)nc1)n1cnnn1. The summed E-state index contributed by atoms with van der Waals surface area (Å²) in [5, 5.41) is 20.2. The molecule has 154 valence electrons. The summed E-state index contributed by atoms with van der Waals surface area (Å²) in [6.07, 6.45) is -7.13. The molecular weight excluding hydrogens is 401 g/mol. The molecule has 2 atom stereocenters. The lowest BCUT2D eigenvalue weighted by Crippen LogP contribution is -2.32. The highest BCUT2D eigenvalue weighted by Crippen LogP contribution is 2.27. The summed E-state index contributed by atoms with van der Waals surface area (Å²) < 4.78 is 68.3. The van der Waals surface area contributed by atoms with Crippen LogP contribution in [0, 0.1) is 0 Å². The second-order valence-electron chi connectivity index (χ2n) is 5.96. The minimum Gasteiger partial charge on any atom is -0.484 e. The Kier molecular flexibility index (Phi) is 6.01. The summed E-state index contributed by atoms with van der Waals surface area (Å²) >= 11 is 0. The van der Waals surface area contributed by atoms with Gasteiger partial charge in [0.25, 0.3) is 6.43 Å². The van der Waals surface area contributed by atoms with Gasteiger partial charge in [0.2, 0.25) is 0 Å². The van der Waals surface area contributed by atoms with E-state index in [2.05, 4.69) is 25.2 Å². The van der Waals surface area contributed by atoms with Crippen molar-refractivity contribution < 1.29 is 31.8 Å². The number of aliphatic hydroxyl groups excluding tert-OH is 1. The van der Waals surface area contributed by atoms with Crippen LogP contribution in [0.5, 0.6) is 5.75 Å². The van der Waals surface area contributed by atoms with Crippen LogP contribution < -0.4 is 4.74 Å². The third kappa shape index (κ3) is 5.22. The molecule has 3 rings (SSSR count). The molecule has 2 heterocycles. The van der Waals surface area contributed by atoms with Crippen molar-refractivity contribution in [3.8, 4) is 17.0 Å². The molecule has 0 aliphatic heterocycles. The van der Waals surface area contributed by atoms with Gasteiger partial charge in [-0.05, 0) is 46.3 Å². The Morgan fingerprint density at radius 2 is 1.79 bits per heavy atom. The van der Waals surface area contributed by atoms with E-state index in [0.29, 0.717) is 11.3 Å². The highest BCUT2D eigenvalue weighted by molar-refractivity contribution is 5.60. The van der Waals surface area contributed by atoms with Crippen LogP contribution in [-0.2, 0) is 0 Å². The minimum atomic E-state index is -4.44. The zero-order valence-electron chi connectivity index (χ0n) is 14.5. The standard InChI is InChI=1S/C17H14F5N5O2/c18-16(19)15(28)14(27-9-24-25-26-27)11-3-6-13(23-7-11)10-1-4-12(5-2-10)29-8-17(20,21)22/h1-7,9,14-16,28H,8H2. The number of aliphatic hydroxyl groups is 1. The van der Waals surface area contributed by atoms with Crippen LogP contribution >= 0.6 is 0 Å². The number of halogens is 5. The smallest absolute Gasteiger partial charge is 0.422 e. The molecule has 0 radical (unpaired) electrons. The Morgan fingerprint density at radius 1 is 1.07 bits per heavy atom. The van der Waals surface area contributed by atoms with E-state index in [1.165, 1.54) is 42.6 Å². The number of rotatable bonds is 7. The third-order valence-electron chi connectivity index (χ3n) is 3.91. The average Bonchev–Trinajstić information content (AvgIpc) is 3.21. The van der Waals surface area contributed by atoms with Crippen LogP contribution in [0.3, 0.4) is 0 Å². The van der Waals surface area contributed by atoms with Crippen LogP contribution in [0.4, 0.5) is 22.0 Å². The predicted octanol–water partition coefficient (Wildman–Crippen LogP) is 2.89. The fourth-order valence-electron chi connectivity index (χ4n) is 2.58. The first-order valence-electron chi connectivity index (χ1n) is 8.19. The molecule has 29 heavy (non-hydrogen) atoms. The highest BCUT2D eigenvalue weighted by Gasteiger charge is 2.32. The van der Waals surface area contributed by atoms with E-state index in [1.54, 1.807) is 0 Å². The summed E-state index contributed by atoms with van der Waals surface area (Å²) in [6, 6.07) is 7.51. The molecule has 1 aromatic carbocycles.